The minimum absolute atomic E-state index is 0.378. The average molecular weight is 195 g/mol. The minimum atomic E-state index is 0.378. The van der Waals surface area contributed by atoms with Crippen LogP contribution in [0.15, 0.2) is 18.2 Å². The number of rotatable bonds is 3. The molecule has 3 heteroatoms. The Balaban J connectivity index is 3.10. The Labute approximate surface area is 83.7 Å². The van der Waals surface area contributed by atoms with Crippen molar-refractivity contribution < 1.29 is 4.74 Å². The predicted octanol–water partition coefficient (Wildman–Crippen LogP) is 2.03. The van der Waals surface area contributed by atoms with Crippen molar-refractivity contribution in [1.29, 1.82) is 0 Å². The molecule has 70 valence electrons. The second kappa shape index (κ2) is 4.23. The molecule has 0 heterocycles. The highest BCUT2D eigenvalue weighted by atomic mass is 32.1. The summed E-state index contributed by atoms with van der Waals surface area (Å²) in [6, 6.07) is 5.80. The van der Waals surface area contributed by atoms with Gasteiger partial charge in [-0.25, -0.2) is 0 Å². The topological polar surface area (TPSA) is 35.2 Å². The van der Waals surface area contributed by atoms with E-state index in [0.29, 0.717) is 11.6 Å². The summed E-state index contributed by atoms with van der Waals surface area (Å²) in [5.41, 5.74) is 7.50. The second-order valence-corrected chi connectivity index (χ2v) is 3.24. The molecule has 13 heavy (non-hydrogen) atoms. The van der Waals surface area contributed by atoms with Crippen LogP contribution in [-0.2, 0) is 0 Å². The Hall–Kier alpha value is -1.09. The standard InChI is InChI=1S/C10H13NOS/c1-3-12-9-6-7(2)4-5-8(9)10(11)13/h4-6H,3H2,1-2H3,(H2,11,13). The highest BCUT2D eigenvalue weighted by Crippen LogP contribution is 2.19. The van der Waals surface area contributed by atoms with E-state index in [-0.39, 0.29) is 0 Å². The molecule has 1 aromatic rings. The molecule has 0 saturated carbocycles. The fourth-order valence-corrected chi connectivity index (χ4v) is 1.28. The molecular formula is C10H13NOS. The zero-order valence-electron chi connectivity index (χ0n) is 7.83. The quantitative estimate of drug-likeness (QED) is 0.749. The smallest absolute Gasteiger partial charge is 0.129 e. The van der Waals surface area contributed by atoms with E-state index >= 15 is 0 Å². The lowest BCUT2D eigenvalue weighted by Gasteiger charge is -2.09. The molecule has 0 spiro atoms. The lowest BCUT2D eigenvalue weighted by atomic mass is 10.1. The summed E-state index contributed by atoms with van der Waals surface area (Å²) in [5.74, 6) is 0.773. The van der Waals surface area contributed by atoms with Crippen molar-refractivity contribution in [2.45, 2.75) is 13.8 Å². The van der Waals surface area contributed by atoms with Gasteiger partial charge < -0.3 is 10.5 Å². The molecule has 0 aliphatic heterocycles. The number of nitrogens with two attached hydrogens (primary N) is 1. The monoisotopic (exact) mass is 195 g/mol. The van der Waals surface area contributed by atoms with Crippen LogP contribution >= 0.6 is 12.2 Å². The summed E-state index contributed by atoms with van der Waals surface area (Å²) in [5, 5.41) is 0. The maximum Gasteiger partial charge on any atom is 0.129 e. The van der Waals surface area contributed by atoms with Crippen molar-refractivity contribution in [3.05, 3.63) is 29.3 Å². The molecule has 0 radical (unpaired) electrons. The van der Waals surface area contributed by atoms with Crippen LogP contribution in [-0.4, -0.2) is 11.6 Å². The van der Waals surface area contributed by atoms with Crippen molar-refractivity contribution in [2.24, 2.45) is 5.73 Å². The van der Waals surface area contributed by atoms with Gasteiger partial charge in [-0.3, -0.25) is 0 Å². The van der Waals surface area contributed by atoms with Gasteiger partial charge in [0.25, 0.3) is 0 Å². The summed E-state index contributed by atoms with van der Waals surface area (Å²) in [4.78, 5) is 0.378. The van der Waals surface area contributed by atoms with Gasteiger partial charge in [-0.1, -0.05) is 18.3 Å². The number of ether oxygens (including phenoxy) is 1. The third-order valence-electron chi connectivity index (χ3n) is 1.70. The predicted molar refractivity (Wildman–Crippen MR) is 58.2 cm³/mol. The minimum Gasteiger partial charge on any atom is -0.493 e. The SMILES string of the molecule is CCOc1cc(C)ccc1C(N)=S. The number of benzene rings is 1. The first-order chi connectivity index (χ1) is 6.15. The number of aryl methyl sites for hydroxylation is 1. The zero-order chi connectivity index (χ0) is 9.84. The van der Waals surface area contributed by atoms with Crippen LogP contribution in [0.2, 0.25) is 0 Å². The van der Waals surface area contributed by atoms with Gasteiger partial charge in [0.1, 0.15) is 10.7 Å². The van der Waals surface area contributed by atoms with Crippen molar-refractivity contribution in [3.63, 3.8) is 0 Å². The molecule has 0 aromatic heterocycles. The molecule has 0 aliphatic carbocycles. The summed E-state index contributed by atoms with van der Waals surface area (Å²) in [6.45, 7) is 4.57. The largest absolute Gasteiger partial charge is 0.493 e. The van der Waals surface area contributed by atoms with Gasteiger partial charge in [-0.15, -0.1) is 0 Å². The second-order valence-electron chi connectivity index (χ2n) is 2.80. The van der Waals surface area contributed by atoms with E-state index in [1.807, 2.05) is 32.0 Å². The van der Waals surface area contributed by atoms with Crippen molar-refractivity contribution in [1.82, 2.24) is 0 Å². The molecule has 1 aromatic carbocycles. The highest BCUT2D eigenvalue weighted by molar-refractivity contribution is 7.80. The maximum absolute atomic E-state index is 5.55. The molecule has 0 saturated heterocycles. The average Bonchev–Trinajstić information content (AvgIpc) is 2.04. The lowest BCUT2D eigenvalue weighted by Crippen LogP contribution is -2.11. The third kappa shape index (κ3) is 2.42. The molecule has 0 bridgehead atoms. The summed E-state index contributed by atoms with van der Waals surface area (Å²) in [7, 11) is 0. The normalized spacial score (nSPS) is 9.69. The van der Waals surface area contributed by atoms with Gasteiger partial charge in [0.15, 0.2) is 0 Å². The van der Waals surface area contributed by atoms with Crippen molar-refractivity contribution >= 4 is 17.2 Å². The fourth-order valence-electron chi connectivity index (χ4n) is 1.11. The highest BCUT2D eigenvalue weighted by Gasteiger charge is 2.05. The Morgan fingerprint density at radius 2 is 2.23 bits per heavy atom. The van der Waals surface area contributed by atoms with Crippen LogP contribution in [0.25, 0.3) is 0 Å². The van der Waals surface area contributed by atoms with Gasteiger partial charge in [-0.2, -0.15) is 0 Å². The van der Waals surface area contributed by atoms with Crippen LogP contribution in [0, 0.1) is 6.92 Å². The summed E-state index contributed by atoms with van der Waals surface area (Å²) in [6.07, 6.45) is 0. The summed E-state index contributed by atoms with van der Waals surface area (Å²) >= 11 is 4.90. The van der Waals surface area contributed by atoms with E-state index < -0.39 is 0 Å². The van der Waals surface area contributed by atoms with E-state index in [1.54, 1.807) is 0 Å². The number of thiocarbonyl (C=S) groups is 1. The molecule has 0 aliphatic rings. The molecule has 0 atom stereocenters. The van der Waals surface area contributed by atoms with Crippen LogP contribution in [0.1, 0.15) is 18.1 Å². The zero-order valence-corrected chi connectivity index (χ0v) is 8.65. The Morgan fingerprint density at radius 1 is 1.54 bits per heavy atom. The molecular weight excluding hydrogens is 182 g/mol. The van der Waals surface area contributed by atoms with E-state index in [0.717, 1.165) is 16.9 Å². The molecule has 2 nitrogen and oxygen atoms in total. The van der Waals surface area contributed by atoms with Gasteiger partial charge in [0.05, 0.1) is 12.2 Å². The Morgan fingerprint density at radius 3 is 2.77 bits per heavy atom. The van der Waals surface area contributed by atoms with Gasteiger partial charge in [0, 0.05) is 0 Å². The summed E-state index contributed by atoms with van der Waals surface area (Å²) < 4.78 is 5.41. The van der Waals surface area contributed by atoms with Gasteiger partial charge in [-0.05, 0) is 31.5 Å². The van der Waals surface area contributed by atoms with Crippen LogP contribution in [0.5, 0.6) is 5.75 Å². The molecule has 0 unspecified atom stereocenters. The van der Waals surface area contributed by atoms with E-state index in [2.05, 4.69) is 0 Å². The lowest BCUT2D eigenvalue weighted by molar-refractivity contribution is 0.339. The molecule has 0 fully saturated rings. The maximum atomic E-state index is 5.55. The van der Waals surface area contributed by atoms with E-state index in [9.17, 15) is 0 Å². The van der Waals surface area contributed by atoms with Gasteiger partial charge in [0.2, 0.25) is 0 Å². The first-order valence-electron chi connectivity index (χ1n) is 4.18. The fraction of sp³-hybridized carbons (Fsp3) is 0.300. The van der Waals surface area contributed by atoms with Crippen LogP contribution < -0.4 is 10.5 Å². The van der Waals surface area contributed by atoms with E-state index in [4.69, 9.17) is 22.7 Å². The molecule has 2 N–H and O–H groups in total. The first-order valence-corrected chi connectivity index (χ1v) is 4.59. The Kier molecular flexibility index (Phi) is 3.25. The third-order valence-corrected chi connectivity index (χ3v) is 1.92. The molecule has 1 rings (SSSR count). The number of hydrogen-bond acceptors (Lipinski definition) is 2. The van der Waals surface area contributed by atoms with E-state index in [1.165, 1.54) is 0 Å². The van der Waals surface area contributed by atoms with Crippen LogP contribution in [0.3, 0.4) is 0 Å². The van der Waals surface area contributed by atoms with Crippen molar-refractivity contribution in [3.8, 4) is 5.75 Å². The first kappa shape index (κ1) is 9.99. The van der Waals surface area contributed by atoms with Crippen LogP contribution in [0.4, 0.5) is 0 Å². The Bertz CT molecular complexity index is 323. The van der Waals surface area contributed by atoms with Gasteiger partial charge >= 0.3 is 0 Å². The molecule has 0 amide bonds. The number of hydrogen-bond donors (Lipinski definition) is 1. The van der Waals surface area contributed by atoms with Crippen molar-refractivity contribution in [2.75, 3.05) is 6.61 Å².